The van der Waals surface area contributed by atoms with Crippen molar-refractivity contribution in [1.82, 2.24) is 14.9 Å². The second-order valence-electron chi connectivity index (χ2n) is 7.92. The summed E-state index contributed by atoms with van der Waals surface area (Å²) in [6, 6.07) is 1.91. The van der Waals surface area contributed by atoms with Crippen LogP contribution in [0.25, 0.3) is 0 Å². The van der Waals surface area contributed by atoms with Gasteiger partial charge in [0.05, 0.1) is 37.2 Å². The molecule has 1 saturated heterocycles. The molecule has 0 radical (unpaired) electrons. The van der Waals surface area contributed by atoms with E-state index in [9.17, 15) is 4.79 Å². The van der Waals surface area contributed by atoms with Gasteiger partial charge >= 0.3 is 0 Å². The van der Waals surface area contributed by atoms with Crippen LogP contribution in [0.2, 0.25) is 5.15 Å². The number of carbonyl (C=O) groups excluding carboxylic acids is 1. The number of hydrogen-bond donors (Lipinski definition) is 1. The van der Waals surface area contributed by atoms with Gasteiger partial charge in [0.2, 0.25) is 5.91 Å². The average molecular weight is 462 g/mol. The first-order chi connectivity index (χ1) is 15.0. The molecular weight excluding hydrogens is 434 g/mol. The lowest BCUT2D eigenvalue weighted by Gasteiger charge is -2.28. The number of thiazole rings is 1. The van der Waals surface area contributed by atoms with Crippen LogP contribution < -0.4 is 15.0 Å². The minimum Gasteiger partial charge on any atom is -0.493 e. The van der Waals surface area contributed by atoms with Crippen molar-refractivity contribution in [2.24, 2.45) is 5.92 Å². The smallest absolute Gasteiger partial charge is 0.231 e. The highest BCUT2D eigenvalue weighted by atomic mass is 35.5. The van der Waals surface area contributed by atoms with Crippen LogP contribution in [0, 0.1) is 5.92 Å². The molecule has 0 unspecified atom stereocenters. The Hall–Kier alpha value is -2.32. The highest BCUT2D eigenvalue weighted by Crippen LogP contribution is 2.33. The number of hydrogen-bond acceptors (Lipinski definition) is 7. The molecule has 2 aliphatic rings. The zero-order chi connectivity index (χ0) is 22.0. The zero-order valence-electron chi connectivity index (χ0n) is 18.2. The number of nitrogens with one attached hydrogen (secondary N) is 1. The van der Waals surface area contributed by atoms with Crippen molar-refractivity contribution >= 4 is 39.7 Å². The normalized spacial score (nSPS) is 18.8. The highest BCUT2D eigenvalue weighted by Gasteiger charge is 2.29. The lowest BCUT2D eigenvalue weighted by molar-refractivity contribution is -0.119. The molecule has 2 aliphatic heterocycles. The predicted molar refractivity (Wildman–Crippen MR) is 125 cm³/mol. The molecule has 1 amide bonds. The molecule has 31 heavy (non-hydrogen) atoms. The van der Waals surface area contributed by atoms with Crippen molar-refractivity contribution in [2.75, 3.05) is 37.0 Å². The average Bonchev–Trinajstić information content (AvgIpc) is 3.40. The number of fused-ring (bicyclic) bond motifs is 1. The van der Waals surface area contributed by atoms with E-state index in [0.29, 0.717) is 16.0 Å². The van der Waals surface area contributed by atoms with Gasteiger partial charge in [-0.05, 0) is 19.8 Å². The van der Waals surface area contributed by atoms with Crippen LogP contribution in [-0.2, 0) is 17.8 Å². The van der Waals surface area contributed by atoms with E-state index in [2.05, 4.69) is 40.0 Å². The maximum absolute atomic E-state index is 12.8. The second-order valence-corrected chi connectivity index (χ2v) is 9.36. The van der Waals surface area contributed by atoms with E-state index >= 15 is 0 Å². The summed E-state index contributed by atoms with van der Waals surface area (Å²) in [5, 5.41) is 4.12. The molecule has 9 heteroatoms. The Kier molecular flexibility index (Phi) is 6.67. The van der Waals surface area contributed by atoms with Gasteiger partial charge < -0.3 is 19.9 Å². The lowest BCUT2D eigenvalue weighted by atomic mass is 10.1. The number of ether oxygens (including phenoxy) is 1. The Morgan fingerprint density at radius 3 is 3.06 bits per heavy atom. The molecule has 166 valence electrons. The standard InChI is InChI=1S/C22H28ClN5O2S/c1-4-5-14(2)27-8-6-15(12-27)21(29)26-22-25-17-7-9-28(13-19(17)31-22)16-10-18(30-3)20(23)24-11-16/h5,10-11,15H,4,6-9,12-13H2,1-3H3,(H,25,26,29)/b14-5-/t15-/m0/s1. The fraction of sp³-hybridized carbons (Fsp3) is 0.500. The summed E-state index contributed by atoms with van der Waals surface area (Å²) in [6.45, 7) is 7.52. The second kappa shape index (κ2) is 9.44. The summed E-state index contributed by atoms with van der Waals surface area (Å²) in [4.78, 5) is 27.4. The summed E-state index contributed by atoms with van der Waals surface area (Å²) in [7, 11) is 1.59. The molecule has 0 saturated carbocycles. The van der Waals surface area contributed by atoms with Crippen LogP contribution in [0.3, 0.4) is 0 Å². The molecule has 0 bridgehead atoms. The minimum absolute atomic E-state index is 0.00485. The Morgan fingerprint density at radius 2 is 2.29 bits per heavy atom. The maximum Gasteiger partial charge on any atom is 0.231 e. The van der Waals surface area contributed by atoms with Gasteiger partial charge in [0.15, 0.2) is 16.0 Å². The molecule has 1 fully saturated rings. The SMILES string of the molecule is CC/C=C(/C)N1CC[C@H](C(=O)Nc2nc3c(s2)CN(c2cnc(Cl)c(OC)c2)CC3)C1. The summed E-state index contributed by atoms with van der Waals surface area (Å²) >= 11 is 7.62. The number of nitrogens with zero attached hydrogens (tertiary/aromatic N) is 4. The Balaban J connectivity index is 1.39. The number of pyridine rings is 1. The number of halogens is 1. The summed E-state index contributed by atoms with van der Waals surface area (Å²) in [5.74, 6) is 0.642. The first-order valence-corrected chi connectivity index (χ1v) is 11.8. The van der Waals surface area contributed by atoms with E-state index < -0.39 is 0 Å². The van der Waals surface area contributed by atoms with E-state index in [4.69, 9.17) is 21.3 Å². The minimum atomic E-state index is 0.00485. The monoisotopic (exact) mass is 461 g/mol. The molecule has 1 atom stereocenters. The number of aromatic nitrogens is 2. The van der Waals surface area contributed by atoms with Crippen molar-refractivity contribution in [3.63, 3.8) is 0 Å². The molecule has 1 N–H and O–H groups in total. The van der Waals surface area contributed by atoms with Crippen LogP contribution in [0.5, 0.6) is 5.75 Å². The van der Waals surface area contributed by atoms with Crippen molar-refractivity contribution in [2.45, 2.75) is 39.7 Å². The first kappa shape index (κ1) is 21.9. The Labute approximate surface area is 192 Å². The Morgan fingerprint density at radius 1 is 1.45 bits per heavy atom. The molecule has 0 spiro atoms. The number of likely N-dealkylation sites (tertiary alicyclic amines) is 1. The van der Waals surface area contributed by atoms with E-state index in [0.717, 1.165) is 56.8 Å². The maximum atomic E-state index is 12.8. The summed E-state index contributed by atoms with van der Waals surface area (Å²) in [6.07, 6.45) is 6.70. The van der Waals surface area contributed by atoms with Crippen molar-refractivity contribution in [3.8, 4) is 5.75 Å². The highest BCUT2D eigenvalue weighted by molar-refractivity contribution is 7.15. The fourth-order valence-electron chi connectivity index (χ4n) is 4.13. The van der Waals surface area contributed by atoms with Gasteiger partial charge in [-0.2, -0.15) is 0 Å². The topological polar surface area (TPSA) is 70.6 Å². The van der Waals surface area contributed by atoms with E-state index in [-0.39, 0.29) is 11.8 Å². The van der Waals surface area contributed by atoms with Crippen LogP contribution in [0.1, 0.15) is 37.3 Å². The number of carbonyl (C=O) groups is 1. The third kappa shape index (κ3) is 4.80. The number of methoxy groups -OCH3 is 1. The van der Waals surface area contributed by atoms with Crippen LogP contribution in [0.4, 0.5) is 10.8 Å². The fourth-order valence-corrected chi connectivity index (χ4v) is 5.34. The third-order valence-corrected chi connectivity index (χ3v) is 7.18. The molecule has 2 aromatic rings. The van der Waals surface area contributed by atoms with Crippen LogP contribution >= 0.6 is 22.9 Å². The number of allylic oxidation sites excluding steroid dienone is 2. The first-order valence-electron chi connectivity index (χ1n) is 10.6. The summed E-state index contributed by atoms with van der Waals surface area (Å²) in [5.41, 5.74) is 3.29. The van der Waals surface area contributed by atoms with Gasteiger partial charge in [-0.25, -0.2) is 9.97 Å². The third-order valence-electron chi connectivity index (χ3n) is 5.90. The van der Waals surface area contributed by atoms with Crippen LogP contribution in [0.15, 0.2) is 24.0 Å². The molecule has 4 heterocycles. The number of amides is 1. The van der Waals surface area contributed by atoms with Crippen molar-refractivity contribution < 1.29 is 9.53 Å². The van der Waals surface area contributed by atoms with Gasteiger partial charge in [-0.1, -0.05) is 35.9 Å². The molecule has 2 aromatic heterocycles. The van der Waals surface area contributed by atoms with Gasteiger partial charge in [-0.3, -0.25) is 4.79 Å². The molecular formula is C22H28ClN5O2S. The predicted octanol–water partition coefficient (Wildman–Crippen LogP) is 4.34. The summed E-state index contributed by atoms with van der Waals surface area (Å²) < 4.78 is 5.29. The molecule has 0 aromatic carbocycles. The van der Waals surface area contributed by atoms with E-state index in [1.807, 2.05) is 6.07 Å². The van der Waals surface area contributed by atoms with Gasteiger partial charge in [0.25, 0.3) is 0 Å². The van der Waals surface area contributed by atoms with Gasteiger partial charge in [0, 0.05) is 42.7 Å². The van der Waals surface area contributed by atoms with E-state index in [1.54, 1.807) is 24.6 Å². The largest absolute Gasteiger partial charge is 0.493 e. The van der Waals surface area contributed by atoms with Crippen molar-refractivity contribution in [3.05, 3.63) is 39.8 Å². The van der Waals surface area contributed by atoms with Gasteiger partial charge in [0.1, 0.15) is 0 Å². The van der Waals surface area contributed by atoms with E-state index in [1.165, 1.54) is 10.6 Å². The van der Waals surface area contributed by atoms with Crippen LogP contribution in [-0.4, -0.2) is 47.5 Å². The zero-order valence-corrected chi connectivity index (χ0v) is 19.7. The Bertz CT molecular complexity index is 992. The van der Waals surface area contributed by atoms with Gasteiger partial charge in [-0.15, -0.1) is 0 Å². The molecule has 7 nitrogen and oxygen atoms in total. The lowest BCUT2D eigenvalue weighted by Crippen LogP contribution is -2.29. The quantitative estimate of drug-likeness (QED) is 0.645. The molecule has 0 aliphatic carbocycles. The van der Waals surface area contributed by atoms with Crippen molar-refractivity contribution in [1.29, 1.82) is 0 Å². The molecule has 4 rings (SSSR count). The number of anilines is 2. The number of rotatable bonds is 6.